The van der Waals surface area contributed by atoms with Crippen molar-refractivity contribution in [2.75, 3.05) is 17.2 Å². The van der Waals surface area contributed by atoms with Crippen molar-refractivity contribution in [1.82, 2.24) is 19.4 Å². The summed E-state index contributed by atoms with van der Waals surface area (Å²) in [4.78, 5) is 9.06. The van der Waals surface area contributed by atoms with E-state index in [1.54, 1.807) is 38.2 Å². The smallest absolute Gasteiger partial charge is 0.240 e. The summed E-state index contributed by atoms with van der Waals surface area (Å²) in [6, 6.07) is 12.5. The van der Waals surface area contributed by atoms with E-state index in [0.717, 1.165) is 29.7 Å². The largest absolute Gasteiger partial charge is 0.340 e. The predicted molar refractivity (Wildman–Crippen MR) is 141 cm³/mol. The van der Waals surface area contributed by atoms with Crippen molar-refractivity contribution < 1.29 is 16.8 Å². The van der Waals surface area contributed by atoms with Crippen LogP contribution >= 0.6 is 0 Å². The zero-order valence-electron chi connectivity index (χ0n) is 20.4. The van der Waals surface area contributed by atoms with Gasteiger partial charge in [-0.25, -0.2) is 31.3 Å². The Morgan fingerprint density at radius 3 is 2.39 bits per heavy atom. The number of aromatic nitrogens is 2. The maximum atomic E-state index is 12.5. The quantitative estimate of drug-likeness (QED) is 0.295. The first-order chi connectivity index (χ1) is 17.1. The van der Waals surface area contributed by atoms with Gasteiger partial charge < -0.3 is 10.6 Å². The number of nitrogens with zero attached hydrogens (tertiary/aromatic N) is 2. The standard InChI is InChI=1S/C24H30N6O4S2/c1-4-26-36(33,34)22-13-20(9-8-16(22)2)29-24-25-14-17(3)23(30-24)28-19-7-5-6-18(12-19)15-27-35(31,32)21-10-11-21/h5-9,12-14,21,26-27H,4,10-11,15H2,1-3H3,(H2,25,28,29,30). The lowest BCUT2D eigenvalue weighted by Crippen LogP contribution is -2.26. The second-order valence-corrected chi connectivity index (χ2v) is 12.5. The first-order valence-corrected chi connectivity index (χ1v) is 14.7. The summed E-state index contributed by atoms with van der Waals surface area (Å²) in [5, 5.41) is 6.07. The minimum Gasteiger partial charge on any atom is -0.340 e. The van der Waals surface area contributed by atoms with Gasteiger partial charge in [-0.05, 0) is 62.1 Å². The van der Waals surface area contributed by atoms with Crippen LogP contribution in [0.2, 0.25) is 0 Å². The van der Waals surface area contributed by atoms with Crippen molar-refractivity contribution in [3.63, 3.8) is 0 Å². The molecule has 36 heavy (non-hydrogen) atoms. The van der Waals surface area contributed by atoms with E-state index < -0.39 is 20.0 Å². The molecule has 0 aliphatic heterocycles. The lowest BCUT2D eigenvalue weighted by Gasteiger charge is -2.13. The third-order valence-electron chi connectivity index (χ3n) is 5.67. The number of hydrogen-bond donors (Lipinski definition) is 4. The molecule has 4 N–H and O–H groups in total. The van der Waals surface area contributed by atoms with E-state index in [9.17, 15) is 16.8 Å². The summed E-state index contributed by atoms with van der Waals surface area (Å²) in [5.41, 5.74) is 3.55. The number of anilines is 4. The Morgan fingerprint density at radius 2 is 1.67 bits per heavy atom. The third kappa shape index (κ3) is 6.38. The SMILES string of the molecule is CCNS(=O)(=O)c1cc(Nc2ncc(C)c(Nc3cccc(CNS(=O)(=O)C4CC4)c3)n2)ccc1C. The second-order valence-electron chi connectivity index (χ2n) is 8.72. The van der Waals surface area contributed by atoms with Crippen molar-refractivity contribution in [3.8, 4) is 0 Å². The fraction of sp³-hybridized carbons (Fsp3) is 0.333. The first kappa shape index (κ1) is 26.0. The van der Waals surface area contributed by atoms with Crippen LogP contribution in [0, 0.1) is 13.8 Å². The fourth-order valence-corrected chi connectivity index (χ4v) is 6.24. The van der Waals surface area contributed by atoms with Crippen LogP contribution < -0.4 is 20.1 Å². The average molecular weight is 531 g/mol. The minimum absolute atomic E-state index is 0.189. The molecule has 0 bridgehead atoms. The number of hydrogen-bond acceptors (Lipinski definition) is 8. The molecule has 0 saturated heterocycles. The predicted octanol–water partition coefficient (Wildman–Crippen LogP) is 3.46. The number of benzene rings is 2. The van der Waals surface area contributed by atoms with E-state index in [1.807, 2.05) is 31.2 Å². The summed E-state index contributed by atoms with van der Waals surface area (Å²) >= 11 is 0. The van der Waals surface area contributed by atoms with Crippen LogP contribution in [0.5, 0.6) is 0 Å². The summed E-state index contributed by atoms with van der Waals surface area (Å²) in [6.45, 7) is 5.85. The Hall–Kier alpha value is -3.06. The molecule has 10 nitrogen and oxygen atoms in total. The lowest BCUT2D eigenvalue weighted by atomic mass is 10.2. The number of nitrogens with one attached hydrogen (secondary N) is 4. The Balaban J connectivity index is 1.50. The summed E-state index contributed by atoms with van der Waals surface area (Å²) < 4.78 is 54.4. The molecule has 1 heterocycles. The highest BCUT2D eigenvalue weighted by Gasteiger charge is 2.35. The van der Waals surface area contributed by atoms with Crippen LogP contribution in [0.4, 0.5) is 23.1 Å². The Morgan fingerprint density at radius 1 is 0.917 bits per heavy atom. The van der Waals surface area contributed by atoms with Crippen molar-refractivity contribution in [2.45, 2.75) is 50.3 Å². The van der Waals surface area contributed by atoms with Gasteiger partial charge in [0.25, 0.3) is 0 Å². The van der Waals surface area contributed by atoms with Gasteiger partial charge >= 0.3 is 0 Å². The van der Waals surface area contributed by atoms with E-state index in [4.69, 9.17) is 0 Å². The molecule has 192 valence electrons. The molecule has 0 atom stereocenters. The highest BCUT2D eigenvalue weighted by atomic mass is 32.2. The van der Waals surface area contributed by atoms with E-state index >= 15 is 0 Å². The Bertz CT molecular complexity index is 1470. The molecular weight excluding hydrogens is 500 g/mol. The van der Waals surface area contributed by atoms with Gasteiger partial charge in [0.1, 0.15) is 5.82 Å². The number of sulfonamides is 2. The fourth-order valence-electron chi connectivity index (χ4n) is 3.57. The topological polar surface area (TPSA) is 142 Å². The lowest BCUT2D eigenvalue weighted by molar-refractivity contribution is 0.579. The van der Waals surface area contributed by atoms with E-state index in [2.05, 4.69) is 30.0 Å². The van der Waals surface area contributed by atoms with Gasteiger partial charge in [-0.3, -0.25) is 0 Å². The summed E-state index contributed by atoms with van der Waals surface area (Å²) in [6.07, 6.45) is 3.10. The molecule has 0 amide bonds. The Kier molecular flexibility index (Phi) is 7.59. The zero-order valence-corrected chi connectivity index (χ0v) is 22.0. The van der Waals surface area contributed by atoms with Crippen LogP contribution in [0.3, 0.4) is 0 Å². The molecule has 3 aromatic rings. The normalized spacial score (nSPS) is 14.0. The van der Waals surface area contributed by atoms with Gasteiger partial charge in [0.15, 0.2) is 0 Å². The van der Waals surface area contributed by atoms with Gasteiger partial charge in [0, 0.05) is 36.2 Å². The second kappa shape index (κ2) is 10.5. The van der Waals surface area contributed by atoms with Crippen molar-refractivity contribution in [3.05, 3.63) is 65.4 Å². The van der Waals surface area contributed by atoms with E-state index in [-0.39, 0.29) is 16.7 Å². The monoisotopic (exact) mass is 530 g/mol. The maximum absolute atomic E-state index is 12.5. The maximum Gasteiger partial charge on any atom is 0.240 e. The van der Waals surface area contributed by atoms with Gasteiger partial charge in [-0.15, -0.1) is 0 Å². The van der Waals surface area contributed by atoms with Crippen LogP contribution in [-0.4, -0.2) is 38.6 Å². The minimum atomic E-state index is -3.62. The number of aryl methyl sites for hydroxylation is 2. The van der Waals surface area contributed by atoms with Crippen LogP contribution in [0.25, 0.3) is 0 Å². The Labute approximate surface area is 212 Å². The van der Waals surface area contributed by atoms with Crippen molar-refractivity contribution in [2.24, 2.45) is 0 Å². The van der Waals surface area contributed by atoms with Gasteiger partial charge in [-0.2, -0.15) is 4.98 Å². The zero-order chi connectivity index (χ0) is 25.9. The molecule has 0 radical (unpaired) electrons. The highest BCUT2D eigenvalue weighted by Crippen LogP contribution is 2.28. The summed E-state index contributed by atoms with van der Waals surface area (Å²) in [7, 11) is -6.88. The first-order valence-electron chi connectivity index (χ1n) is 11.6. The van der Waals surface area contributed by atoms with Crippen LogP contribution in [0.15, 0.2) is 53.6 Å². The van der Waals surface area contributed by atoms with Crippen LogP contribution in [-0.2, 0) is 26.6 Å². The molecule has 1 aliphatic carbocycles. The van der Waals surface area contributed by atoms with Gasteiger partial charge in [0.2, 0.25) is 26.0 Å². The van der Waals surface area contributed by atoms with Crippen molar-refractivity contribution in [1.29, 1.82) is 0 Å². The van der Waals surface area contributed by atoms with E-state index in [0.29, 0.717) is 29.6 Å². The summed E-state index contributed by atoms with van der Waals surface area (Å²) in [5.74, 6) is 0.864. The molecule has 1 aliphatic rings. The van der Waals surface area contributed by atoms with Gasteiger partial charge in [-0.1, -0.05) is 25.1 Å². The molecular formula is C24H30N6O4S2. The van der Waals surface area contributed by atoms with Gasteiger partial charge in [0.05, 0.1) is 10.1 Å². The molecule has 0 spiro atoms. The highest BCUT2D eigenvalue weighted by molar-refractivity contribution is 7.90. The van der Waals surface area contributed by atoms with Crippen LogP contribution in [0.1, 0.15) is 36.5 Å². The molecule has 1 aromatic heterocycles. The van der Waals surface area contributed by atoms with Crippen molar-refractivity contribution >= 4 is 43.2 Å². The average Bonchev–Trinajstić information content (AvgIpc) is 3.68. The molecule has 4 rings (SSSR count). The molecule has 1 fully saturated rings. The molecule has 12 heteroatoms. The third-order valence-corrected chi connectivity index (χ3v) is 9.25. The van der Waals surface area contributed by atoms with E-state index in [1.165, 1.54) is 0 Å². The molecule has 2 aromatic carbocycles. The number of rotatable bonds is 11. The molecule has 1 saturated carbocycles. The molecule has 0 unspecified atom stereocenters.